The van der Waals surface area contributed by atoms with Crippen LogP contribution in [0.4, 0.5) is 13.2 Å². The van der Waals surface area contributed by atoms with Crippen LogP contribution in [-0.4, -0.2) is 54.2 Å². The van der Waals surface area contributed by atoms with Gasteiger partial charge in [0.2, 0.25) is 0 Å². The quantitative estimate of drug-likeness (QED) is 0.698. The summed E-state index contributed by atoms with van der Waals surface area (Å²) in [5, 5.41) is 11.3. The maximum absolute atomic E-state index is 12.6. The first-order valence-electron chi connectivity index (χ1n) is 9.04. The fourth-order valence-electron chi connectivity index (χ4n) is 3.57. The molecule has 2 N–H and O–H groups in total. The van der Waals surface area contributed by atoms with Gasteiger partial charge in [-0.1, -0.05) is 11.6 Å². The summed E-state index contributed by atoms with van der Waals surface area (Å²) in [6.45, 7) is 3.51. The highest BCUT2D eigenvalue weighted by molar-refractivity contribution is 6.31. The van der Waals surface area contributed by atoms with Gasteiger partial charge in [0.25, 0.3) is 5.91 Å². The standard InChI is InChI=1S/C17H17ClN2O3.C2HF3O2/c18-11-1-2-14-12(7-11)13(21)8-15(23-14)16(22)20-9-17(10-20)3-5-19-6-4-17;3-2(4,5)1(6)7/h1-2,7-8,19H,3-6,9-10H2;(H,6,7). The summed E-state index contributed by atoms with van der Waals surface area (Å²) in [6, 6.07) is 6.11. The molecular weight excluding hydrogens is 429 g/mol. The van der Waals surface area contributed by atoms with Crippen LogP contribution in [0.25, 0.3) is 11.0 Å². The number of halogens is 4. The first-order chi connectivity index (χ1) is 14.0. The Morgan fingerprint density at radius 2 is 1.77 bits per heavy atom. The van der Waals surface area contributed by atoms with Gasteiger partial charge in [-0.25, -0.2) is 4.79 Å². The number of hydrogen-bond acceptors (Lipinski definition) is 5. The number of aliphatic carboxylic acids is 1. The minimum absolute atomic E-state index is 0.105. The Labute approximate surface area is 173 Å². The van der Waals surface area contributed by atoms with Gasteiger partial charge in [0.05, 0.1) is 5.39 Å². The Kier molecular flexibility index (Phi) is 6.09. The molecular formula is C19H18ClF3N2O5. The first-order valence-corrected chi connectivity index (χ1v) is 9.42. The third-order valence-electron chi connectivity index (χ3n) is 5.15. The second kappa shape index (κ2) is 8.27. The van der Waals surface area contributed by atoms with Crippen LogP contribution in [0.5, 0.6) is 0 Å². The van der Waals surface area contributed by atoms with Gasteiger partial charge >= 0.3 is 12.1 Å². The third kappa shape index (κ3) is 4.76. The number of carboxylic acids is 1. The maximum atomic E-state index is 12.6. The molecule has 3 heterocycles. The number of amides is 1. The second-order valence-electron chi connectivity index (χ2n) is 7.33. The number of alkyl halides is 3. The van der Waals surface area contributed by atoms with Gasteiger partial charge in [-0.05, 0) is 44.1 Å². The minimum Gasteiger partial charge on any atom is -0.475 e. The van der Waals surface area contributed by atoms with E-state index in [0.29, 0.717) is 16.0 Å². The topological polar surface area (TPSA) is 99.8 Å². The molecule has 30 heavy (non-hydrogen) atoms. The van der Waals surface area contributed by atoms with E-state index >= 15 is 0 Å². The number of hydrogen-bond donors (Lipinski definition) is 2. The molecule has 0 atom stereocenters. The van der Waals surface area contributed by atoms with Crippen molar-refractivity contribution in [2.24, 2.45) is 5.41 Å². The number of fused-ring (bicyclic) bond motifs is 1. The average Bonchev–Trinajstić information content (AvgIpc) is 2.66. The Balaban J connectivity index is 0.000000318. The summed E-state index contributed by atoms with van der Waals surface area (Å²) < 4.78 is 37.4. The van der Waals surface area contributed by atoms with Crippen LogP contribution < -0.4 is 10.7 Å². The van der Waals surface area contributed by atoms with Gasteiger partial charge in [-0.3, -0.25) is 9.59 Å². The van der Waals surface area contributed by atoms with Crippen molar-refractivity contribution in [3.05, 3.63) is 45.3 Å². The Morgan fingerprint density at radius 3 is 2.33 bits per heavy atom. The van der Waals surface area contributed by atoms with Gasteiger partial charge in [-0.15, -0.1) is 0 Å². The fraction of sp³-hybridized carbons (Fsp3) is 0.421. The highest BCUT2D eigenvalue weighted by Crippen LogP contribution is 2.39. The molecule has 1 spiro atoms. The molecule has 0 radical (unpaired) electrons. The maximum Gasteiger partial charge on any atom is 0.490 e. The molecule has 0 saturated carbocycles. The van der Waals surface area contributed by atoms with Crippen molar-refractivity contribution in [3.63, 3.8) is 0 Å². The average molecular weight is 447 g/mol. The van der Waals surface area contributed by atoms with E-state index in [-0.39, 0.29) is 22.5 Å². The lowest BCUT2D eigenvalue weighted by Gasteiger charge is -2.52. The second-order valence-corrected chi connectivity index (χ2v) is 7.77. The lowest BCUT2D eigenvalue weighted by molar-refractivity contribution is -0.192. The first kappa shape index (κ1) is 22.1. The Hall–Kier alpha value is -2.59. The van der Waals surface area contributed by atoms with Crippen molar-refractivity contribution in [1.82, 2.24) is 10.2 Å². The van der Waals surface area contributed by atoms with E-state index in [1.54, 1.807) is 23.1 Å². The predicted octanol–water partition coefficient (Wildman–Crippen LogP) is 2.91. The number of likely N-dealkylation sites (tertiary alicyclic amines) is 1. The van der Waals surface area contributed by atoms with Crippen molar-refractivity contribution in [2.75, 3.05) is 26.2 Å². The molecule has 1 amide bonds. The number of piperidine rings is 1. The zero-order chi connectivity index (χ0) is 22.1. The number of benzene rings is 1. The molecule has 2 saturated heterocycles. The molecule has 2 aliphatic heterocycles. The van der Waals surface area contributed by atoms with E-state index in [0.717, 1.165) is 39.0 Å². The van der Waals surface area contributed by atoms with Crippen LogP contribution in [0, 0.1) is 5.41 Å². The normalized spacial score (nSPS) is 17.8. The molecule has 1 aromatic carbocycles. The molecule has 11 heteroatoms. The summed E-state index contributed by atoms with van der Waals surface area (Å²) in [4.78, 5) is 35.4. The summed E-state index contributed by atoms with van der Waals surface area (Å²) >= 11 is 5.90. The molecule has 0 unspecified atom stereocenters. The third-order valence-corrected chi connectivity index (χ3v) is 5.38. The smallest absolute Gasteiger partial charge is 0.475 e. The van der Waals surface area contributed by atoms with Crippen LogP contribution in [0.2, 0.25) is 5.02 Å². The summed E-state index contributed by atoms with van der Waals surface area (Å²) in [7, 11) is 0. The van der Waals surface area contributed by atoms with Crippen molar-refractivity contribution < 1.29 is 32.3 Å². The van der Waals surface area contributed by atoms with Gasteiger partial charge < -0.3 is 19.7 Å². The fourth-order valence-corrected chi connectivity index (χ4v) is 3.74. The summed E-state index contributed by atoms with van der Waals surface area (Å²) in [5.74, 6) is -2.86. The van der Waals surface area contributed by atoms with Crippen LogP contribution in [0.1, 0.15) is 23.4 Å². The lowest BCUT2D eigenvalue weighted by Crippen LogP contribution is -2.61. The number of rotatable bonds is 1. The van der Waals surface area contributed by atoms with Gasteiger partial charge in [0.1, 0.15) is 5.58 Å². The van der Waals surface area contributed by atoms with Crippen molar-refractivity contribution in [3.8, 4) is 0 Å². The number of carbonyl (C=O) groups excluding carboxylic acids is 1. The van der Waals surface area contributed by atoms with Gasteiger partial charge in [-0.2, -0.15) is 13.2 Å². The van der Waals surface area contributed by atoms with E-state index in [2.05, 4.69) is 5.32 Å². The molecule has 2 aromatic rings. The Bertz CT molecular complexity index is 1020. The lowest BCUT2D eigenvalue weighted by atomic mass is 9.72. The van der Waals surface area contributed by atoms with E-state index in [4.69, 9.17) is 25.9 Å². The molecule has 7 nitrogen and oxygen atoms in total. The van der Waals surface area contributed by atoms with Crippen molar-refractivity contribution >= 4 is 34.4 Å². The SMILES string of the molecule is O=C(O)C(F)(F)F.O=C(c1cc(=O)c2cc(Cl)ccc2o1)N1CC2(CCNCC2)C1. The zero-order valence-corrected chi connectivity index (χ0v) is 16.3. The van der Waals surface area contributed by atoms with E-state index in [9.17, 15) is 22.8 Å². The highest BCUT2D eigenvalue weighted by Gasteiger charge is 2.46. The molecule has 162 valence electrons. The summed E-state index contributed by atoms with van der Waals surface area (Å²) in [5.41, 5.74) is 0.405. The van der Waals surface area contributed by atoms with E-state index < -0.39 is 12.1 Å². The summed E-state index contributed by atoms with van der Waals surface area (Å²) in [6.07, 6.45) is -2.89. The molecule has 1 aromatic heterocycles. The van der Waals surface area contributed by atoms with Crippen LogP contribution in [0.3, 0.4) is 0 Å². The highest BCUT2D eigenvalue weighted by atomic mass is 35.5. The van der Waals surface area contributed by atoms with Gasteiger partial charge in [0.15, 0.2) is 11.2 Å². The zero-order valence-electron chi connectivity index (χ0n) is 15.6. The molecule has 2 fully saturated rings. The number of carboxylic acid groups (broad SMARTS) is 1. The van der Waals surface area contributed by atoms with Crippen LogP contribution >= 0.6 is 11.6 Å². The monoisotopic (exact) mass is 446 g/mol. The minimum atomic E-state index is -5.08. The largest absolute Gasteiger partial charge is 0.490 e. The molecule has 2 aliphatic rings. The predicted molar refractivity (Wildman–Crippen MR) is 102 cm³/mol. The van der Waals surface area contributed by atoms with Crippen molar-refractivity contribution in [2.45, 2.75) is 19.0 Å². The number of carbonyl (C=O) groups is 2. The van der Waals surface area contributed by atoms with E-state index in [1.165, 1.54) is 6.07 Å². The van der Waals surface area contributed by atoms with Gasteiger partial charge in [0, 0.05) is 29.6 Å². The number of nitrogens with one attached hydrogen (secondary N) is 1. The molecule has 0 bridgehead atoms. The van der Waals surface area contributed by atoms with E-state index in [1.807, 2.05) is 0 Å². The number of nitrogens with zero attached hydrogens (tertiary/aromatic N) is 1. The van der Waals surface area contributed by atoms with Crippen LogP contribution in [0.15, 0.2) is 33.5 Å². The van der Waals surface area contributed by atoms with Crippen molar-refractivity contribution in [1.29, 1.82) is 0 Å². The molecule has 0 aliphatic carbocycles. The Morgan fingerprint density at radius 1 is 1.17 bits per heavy atom. The molecule has 4 rings (SSSR count). The van der Waals surface area contributed by atoms with Crippen LogP contribution in [-0.2, 0) is 4.79 Å².